The largest absolute Gasteiger partial charge is 0.488 e. The van der Waals surface area contributed by atoms with Crippen LogP contribution in [0.3, 0.4) is 0 Å². The smallest absolute Gasteiger partial charge is 0.423 e. The van der Waals surface area contributed by atoms with Crippen LogP contribution < -0.4 is 5.46 Å². The van der Waals surface area contributed by atoms with Crippen LogP contribution in [-0.2, 0) is 0 Å². The summed E-state index contributed by atoms with van der Waals surface area (Å²) in [5.41, 5.74) is 2.85. The second-order valence-electron chi connectivity index (χ2n) is 2.71. The Morgan fingerprint density at radius 1 is 1.36 bits per heavy atom. The molecule has 70 valence electrons. The molecule has 0 saturated heterocycles. The van der Waals surface area contributed by atoms with Crippen molar-refractivity contribution in [2.45, 2.75) is 0 Å². The van der Waals surface area contributed by atoms with Gasteiger partial charge in [0.25, 0.3) is 0 Å². The van der Waals surface area contributed by atoms with E-state index >= 15 is 0 Å². The zero-order valence-corrected chi connectivity index (χ0v) is 7.98. The van der Waals surface area contributed by atoms with Gasteiger partial charge in [-0.25, -0.2) is 0 Å². The standard InChI is InChI=1S/C8H7BN2O2S/c12-9(13)6-1-2-11-7(3-6)8-4-10-5-14-8/h1-5,12-13H. The summed E-state index contributed by atoms with van der Waals surface area (Å²) in [7, 11) is -1.45. The lowest BCUT2D eigenvalue weighted by Gasteiger charge is -2.00. The van der Waals surface area contributed by atoms with Crippen LogP contribution in [0.5, 0.6) is 0 Å². The molecule has 2 rings (SSSR count). The van der Waals surface area contributed by atoms with Crippen molar-refractivity contribution in [1.29, 1.82) is 0 Å². The molecular formula is C8H7BN2O2S. The first-order valence-corrected chi connectivity index (χ1v) is 4.86. The molecular weight excluding hydrogens is 199 g/mol. The van der Waals surface area contributed by atoms with Crippen LogP contribution in [0.4, 0.5) is 0 Å². The summed E-state index contributed by atoms with van der Waals surface area (Å²) < 4.78 is 0. The summed E-state index contributed by atoms with van der Waals surface area (Å²) in [5.74, 6) is 0. The van der Waals surface area contributed by atoms with E-state index in [0.717, 1.165) is 4.88 Å². The van der Waals surface area contributed by atoms with Crippen molar-refractivity contribution in [3.63, 3.8) is 0 Å². The Labute approximate surface area is 85.0 Å². The van der Waals surface area contributed by atoms with Crippen molar-refractivity contribution in [3.8, 4) is 10.6 Å². The van der Waals surface area contributed by atoms with Gasteiger partial charge in [0.1, 0.15) is 0 Å². The van der Waals surface area contributed by atoms with Gasteiger partial charge in [0.2, 0.25) is 0 Å². The van der Waals surface area contributed by atoms with Gasteiger partial charge in [-0.3, -0.25) is 9.97 Å². The van der Waals surface area contributed by atoms with Crippen LogP contribution in [0.2, 0.25) is 0 Å². The minimum absolute atomic E-state index is 0.434. The fourth-order valence-electron chi connectivity index (χ4n) is 1.08. The molecule has 0 saturated carbocycles. The Balaban J connectivity index is 2.41. The Bertz CT molecular complexity index is 419. The maximum Gasteiger partial charge on any atom is 0.488 e. The predicted molar refractivity (Wildman–Crippen MR) is 55.2 cm³/mol. The first-order chi connectivity index (χ1) is 6.77. The second-order valence-corrected chi connectivity index (χ2v) is 3.60. The van der Waals surface area contributed by atoms with Crippen LogP contribution >= 0.6 is 11.3 Å². The molecule has 0 atom stereocenters. The number of hydrogen-bond donors (Lipinski definition) is 2. The number of thiazole rings is 1. The summed E-state index contributed by atoms with van der Waals surface area (Å²) in [5, 5.41) is 17.9. The van der Waals surface area contributed by atoms with Crippen LogP contribution in [0.15, 0.2) is 30.0 Å². The van der Waals surface area contributed by atoms with Crippen LogP contribution in [0.25, 0.3) is 10.6 Å². The highest BCUT2D eigenvalue weighted by atomic mass is 32.1. The van der Waals surface area contributed by atoms with E-state index in [9.17, 15) is 0 Å². The fraction of sp³-hybridized carbons (Fsp3) is 0. The molecule has 0 unspecified atom stereocenters. The van der Waals surface area contributed by atoms with Gasteiger partial charge in [0, 0.05) is 12.4 Å². The lowest BCUT2D eigenvalue weighted by molar-refractivity contribution is 0.425. The number of pyridine rings is 1. The molecule has 2 aromatic heterocycles. The molecule has 14 heavy (non-hydrogen) atoms. The zero-order chi connectivity index (χ0) is 9.97. The molecule has 0 amide bonds. The van der Waals surface area contributed by atoms with Crippen molar-refractivity contribution in [2.75, 3.05) is 0 Å². The third kappa shape index (κ3) is 1.82. The van der Waals surface area contributed by atoms with E-state index in [2.05, 4.69) is 9.97 Å². The SMILES string of the molecule is OB(O)c1ccnc(-c2cncs2)c1. The van der Waals surface area contributed by atoms with E-state index in [-0.39, 0.29) is 0 Å². The number of rotatable bonds is 2. The molecule has 0 aliphatic heterocycles. The van der Waals surface area contributed by atoms with Crippen LogP contribution in [0.1, 0.15) is 0 Å². The van der Waals surface area contributed by atoms with E-state index < -0.39 is 7.12 Å². The maximum atomic E-state index is 8.96. The molecule has 4 nitrogen and oxygen atoms in total. The molecule has 0 aliphatic rings. The van der Waals surface area contributed by atoms with E-state index in [1.165, 1.54) is 11.3 Å². The fourth-order valence-corrected chi connectivity index (χ4v) is 1.67. The van der Waals surface area contributed by atoms with Crippen molar-refractivity contribution >= 4 is 23.9 Å². The molecule has 0 spiro atoms. The molecule has 0 aromatic carbocycles. The Hall–Kier alpha value is -1.24. The van der Waals surface area contributed by atoms with Gasteiger partial charge >= 0.3 is 7.12 Å². The third-order valence-electron chi connectivity index (χ3n) is 1.77. The highest BCUT2D eigenvalue weighted by Crippen LogP contribution is 2.19. The van der Waals surface area contributed by atoms with Crippen LogP contribution in [-0.4, -0.2) is 27.1 Å². The molecule has 0 fully saturated rings. The minimum atomic E-state index is -1.45. The molecule has 2 aromatic rings. The lowest BCUT2D eigenvalue weighted by atomic mass is 9.80. The summed E-state index contributed by atoms with van der Waals surface area (Å²) >= 11 is 1.46. The van der Waals surface area contributed by atoms with Gasteiger partial charge in [-0.05, 0) is 17.6 Å². The summed E-state index contributed by atoms with van der Waals surface area (Å²) in [6.45, 7) is 0. The number of hydrogen-bond acceptors (Lipinski definition) is 5. The molecule has 2 heterocycles. The monoisotopic (exact) mass is 206 g/mol. The average molecular weight is 206 g/mol. The highest BCUT2D eigenvalue weighted by molar-refractivity contribution is 7.13. The van der Waals surface area contributed by atoms with E-state index in [0.29, 0.717) is 11.2 Å². The highest BCUT2D eigenvalue weighted by Gasteiger charge is 2.12. The normalized spacial score (nSPS) is 10.1. The molecule has 0 aliphatic carbocycles. The molecule has 2 N–H and O–H groups in total. The Kier molecular flexibility index (Phi) is 2.58. The Morgan fingerprint density at radius 3 is 2.86 bits per heavy atom. The zero-order valence-electron chi connectivity index (χ0n) is 7.16. The van der Waals surface area contributed by atoms with Crippen molar-refractivity contribution in [3.05, 3.63) is 30.0 Å². The first kappa shape index (κ1) is 9.33. The van der Waals surface area contributed by atoms with Crippen molar-refractivity contribution in [2.24, 2.45) is 0 Å². The number of aromatic nitrogens is 2. The summed E-state index contributed by atoms with van der Waals surface area (Å²) in [6, 6.07) is 3.20. The summed E-state index contributed by atoms with van der Waals surface area (Å²) in [6.07, 6.45) is 3.24. The van der Waals surface area contributed by atoms with Gasteiger partial charge in [-0.15, -0.1) is 11.3 Å². The average Bonchev–Trinajstić information content (AvgIpc) is 2.71. The molecule has 0 radical (unpaired) electrons. The third-order valence-corrected chi connectivity index (χ3v) is 2.56. The lowest BCUT2D eigenvalue weighted by Crippen LogP contribution is -2.29. The van der Waals surface area contributed by atoms with Gasteiger partial charge in [0.15, 0.2) is 0 Å². The minimum Gasteiger partial charge on any atom is -0.423 e. The first-order valence-electron chi connectivity index (χ1n) is 3.98. The van der Waals surface area contributed by atoms with Crippen molar-refractivity contribution in [1.82, 2.24) is 9.97 Å². The van der Waals surface area contributed by atoms with Crippen molar-refractivity contribution < 1.29 is 10.0 Å². The summed E-state index contributed by atoms with van der Waals surface area (Å²) in [4.78, 5) is 8.95. The second kappa shape index (κ2) is 3.87. The van der Waals surface area contributed by atoms with Gasteiger partial charge < -0.3 is 10.0 Å². The van der Waals surface area contributed by atoms with Gasteiger partial charge in [-0.1, -0.05) is 0 Å². The Morgan fingerprint density at radius 2 is 2.21 bits per heavy atom. The predicted octanol–water partition coefficient (Wildman–Crippen LogP) is -0.115. The topological polar surface area (TPSA) is 66.2 Å². The van der Waals surface area contributed by atoms with Gasteiger partial charge in [0.05, 0.1) is 16.1 Å². The quantitative estimate of drug-likeness (QED) is 0.672. The van der Waals surface area contributed by atoms with E-state index in [1.807, 2.05) is 0 Å². The number of nitrogens with zero attached hydrogens (tertiary/aromatic N) is 2. The maximum absolute atomic E-state index is 8.96. The van der Waals surface area contributed by atoms with E-state index in [4.69, 9.17) is 10.0 Å². The molecule has 6 heteroatoms. The molecule has 0 bridgehead atoms. The van der Waals surface area contributed by atoms with E-state index in [1.54, 1.807) is 30.0 Å². The van der Waals surface area contributed by atoms with Crippen LogP contribution in [0, 0.1) is 0 Å². The van der Waals surface area contributed by atoms with Gasteiger partial charge in [-0.2, -0.15) is 0 Å².